The van der Waals surface area contributed by atoms with Gasteiger partial charge in [-0.2, -0.15) is 0 Å². The molecule has 29 heavy (non-hydrogen) atoms. The van der Waals surface area contributed by atoms with E-state index >= 15 is 0 Å². The Labute approximate surface area is 174 Å². The van der Waals surface area contributed by atoms with Crippen LogP contribution in [0, 0.1) is 18.8 Å². The summed E-state index contributed by atoms with van der Waals surface area (Å²) in [4.78, 5) is 43.5. The van der Waals surface area contributed by atoms with Gasteiger partial charge in [0.05, 0.1) is 23.6 Å². The minimum atomic E-state index is -0.628. The summed E-state index contributed by atoms with van der Waals surface area (Å²) in [6, 6.07) is 13.5. The van der Waals surface area contributed by atoms with Gasteiger partial charge >= 0.3 is 0 Å². The first-order valence-electron chi connectivity index (χ1n) is 9.97. The van der Waals surface area contributed by atoms with Gasteiger partial charge in [0.25, 0.3) is 0 Å². The molecule has 3 aliphatic rings. The highest BCUT2D eigenvalue weighted by molar-refractivity contribution is 6.31. The molecule has 0 radical (unpaired) electrons. The molecule has 0 N–H and O–H groups in total. The van der Waals surface area contributed by atoms with Gasteiger partial charge in [-0.25, -0.2) is 4.90 Å². The molecule has 3 heterocycles. The molecule has 0 bridgehead atoms. The van der Waals surface area contributed by atoms with Crippen molar-refractivity contribution in [2.45, 2.75) is 31.8 Å². The Morgan fingerprint density at radius 2 is 1.62 bits per heavy atom. The Balaban J connectivity index is 1.54. The number of hydrogen-bond donors (Lipinski definition) is 0. The molecule has 3 aliphatic heterocycles. The lowest BCUT2D eigenvalue weighted by Crippen LogP contribution is -2.46. The maximum atomic E-state index is 13.4. The summed E-state index contributed by atoms with van der Waals surface area (Å²) in [6.07, 6.45) is 1.78. The predicted molar refractivity (Wildman–Crippen MR) is 110 cm³/mol. The molecule has 4 atom stereocenters. The van der Waals surface area contributed by atoms with Crippen LogP contribution in [0.4, 0.5) is 5.69 Å². The molecule has 0 spiro atoms. The van der Waals surface area contributed by atoms with Gasteiger partial charge in [-0.3, -0.25) is 19.3 Å². The average molecular weight is 409 g/mol. The molecule has 3 fully saturated rings. The minimum Gasteiger partial charge on any atom is -0.292 e. The number of carbonyl (C=O) groups is 3. The molecule has 2 aromatic carbocycles. The van der Waals surface area contributed by atoms with Gasteiger partial charge in [0.1, 0.15) is 0 Å². The number of amides is 2. The number of rotatable bonds is 3. The van der Waals surface area contributed by atoms with Crippen molar-refractivity contribution in [1.82, 2.24) is 4.90 Å². The van der Waals surface area contributed by atoms with E-state index in [9.17, 15) is 14.4 Å². The van der Waals surface area contributed by atoms with E-state index in [0.717, 1.165) is 24.9 Å². The Hall–Kier alpha value is -2.50. The SMILES string of the molecule is Cc1ccc(C(=O)[C@@H]2[C@@H]3C(=O)N(c4ccc(Cl)cc4)C(=O)[C@H]3[C@@H]3CCCN23)cc1. The van der Waals surface area contributed by atoms with E-state index < -0.39 is 17.9 Å². The molecular formula is C23H21ClN2O3. The van der Waals surface area contributed by atoms with Crippen molar-refractivity contribution in [3.05, 3.63) is 64.7 Å². The summed E-state index contributed by atoms with van der Waals surface area (Å²) in [5.74, 6) is -1.62. The Morgan fingerprint density at radius 1 is 0.966 bits per heavy atom. The van der Waals surface area contributed by atoms with E-state index in [2.05, 4.69) is 4.90 Å². The lowest BCUT2D eigenvalue weighted by molar-refractivity contribution is -0.123. The van der Waals surface area contributed by atoms with Gasteiger partial charge in [0.2, 0.25) is 11.8 Å². The van der Waals surface area contributed by atoms with Gasteiger partial charge in [-0.05, 0) is 50.6 Å². The first kappa shape index (κ1) is 18.5. The van der Waals surface area contributed by atoms with Gasteiger partial charge < -0.3 is 0 Å². The monoisotopic (exact) mass is 408 g/mol. The zero-order chi connectivity index (χ0) is 20.3. The van der Waals surface area contributed by atoms with Crippen LogP contribution in [0.5, 0.6) is 0 Å². The Morgan fingerprint density at radius 3 is 2.31 bits per heavy atom. The number of halogens is 1. The number of benzene rings is 2. The quantitative estimate of drug-likeness (QED) is 0.576. The van der Waals surface area contributed by atoms with Gasteiger partial charge in [-0.15, -0.1) is 0 Å². The van der Waals surface area contributed by atoms with Crippen molar-refractivity contribution in [2.24, 2.45) is 11.8 Å². The highest BCUT2D eigenvalue weighted by atomic mass is 35.5. The smallest absolute Gasteiger partial charge is 0.239 e. The van der Waals surface area contributed by atoms with E-state index in [1.165, 1.54) is 4.90 Å². The van der Waals surface area contributed by atoms with Crippen molar-refractivity contribution in [2.75, 3.05) is 11.4 Å². The van der Waals surface area contributed by atoms with Crippen LogP contribution in [0.3, 0.4) is 0 Å². The van der Waals surface area contributed by atoms with E-state index in [-0.39, 0.29) is 23.6 Å². The van der Waals surface area contributed by atoms with Crippen LogP contribution in [-0.2, 0) is 9.59 Å². The van der Waals surface area contributed by atoms with Crippen molar-refractivity contribution >= 4 is 34.9 Å². The summed E-state index contributed by atoms with van der Waals surface area (Å²) in [5.41, 5.74) is 2.19. The largest absolute Gasteiger partial charge is 0.292 e. The summed E-state index contributed by atoms with van der Waals surface area (Å²) < 4.78 is 0. The first-order valence-corrected chi connectivity index (χ1v) is 10.3. The van der Waals surface area contributed by atoms with Crippen molar-refractivity contribution in [3.8, 4) is 0 Å². The molecule has 3 saturated heterocycles. The van der Waals surface area contributed by atoms with Gasteiger partial charge in [-0.1, -0.05) is 41.4 Å². The Bertz CT molecular complexity index is 1000. The number of carbonyl (C=O) groups excluding carboxylic acids is 3. The van der Waals surface area contributed by atoms with Gasteiger partial charge in [0.15, 0.2) is 5.78 Å². The molecule has 5 nitrogen and oxygen atoms in total. The summed E-state index contributed by atoms with van der Waals surface area (Å²) in [7, 11) is 0. The molecular weight excluding hydrogens is 388 g/mol. The summed E-state index contributed by atoms with van der Waals surface area (Å²) in [5, 5.41) is 0.544. The van der Waals surface area contributed by atoms with E-state index in [1.807, 2.05) is 31.2 Å². The number of ketones is 1. The minimum absolute atomic E-state index is 0.0480. The topological polar surface area (TPSA) is 57.7 Å². The van der Waals surface area contributed by atoms with Crippen LogP contribution in [0.15, 0.2) is 48.5 Å². The van der Waals surface area contributed by atoms with Crippen molar-refractivity contribution < 1.29 is 14.4 Å². The van der Waals surface area contributed by atoms with Crippen LogP contribution >= 0.6 is 11.6 Å². The number of Topliss-reactive ketones (excluding diaryl/α,β-unsaturated/α-hetero) is 1. The van der Waals surface area contributed by atoms with Crippen LogP contribution in [0.25, 0.3) is 0 Å². The molecule has 0 saturated carbocycles. The number of nitrogens with zero attached hydrogens (tertiary/aromatic N) is 2. The predicted octanol–water partition coefficient (Wildman–Crippen LogP) is 3.48. The summed E-state index contributed by atoms with van der Waals surface area (Å²) in [6.45, 7) is 2.72. The lowest BCUT2D eigenvalue weighted by atomic mass is 9.85. The van der Waals surface area contributed by atoms with Crippen molar-refractivity contribution in [1.29, 1.82) is 0 Å². The highest BCUT2D eigenvalue weighted by Gasteiger charge is 2.64. The normalized spacial score (nSPS) is 28.7. The zero-order valence-electron chi connectivity index (χ0n) is 16.0. The lowest BCUT2D eigenvalue weighted by Gasteiger charge is -2.27. The molecule has 5 rings (SSSR count). The molecule has 0 aromatic heterocycles. The summed E-state index contributed by atoms with van der Waals surface area (Å²) >= 11 is 5.96. The molecule has 0 unspecified atom stereocenters. The molecule has 6 heteroatoms. The zero-order valence-corrected chi connectivity index (χ0v) is 16.8. The molecule has 0 aliphatic carbocycles. The third kappa shape index (κ3) is 2.75. The van der Waals surface area contributed by atoms with Crippen LogP contribution in [0.1, 0.15) is 28.8 Å². The van der Waals surface area contributed by atoms with E-state index in [0.29, 0.717) is 16.3 Å². The van der Waals surface area contributed by atoms with Gasteiger partial charge in [0, 0.05) is 16.6 Å². The van der Waals surface area contributed by atoms with Crippen LogP contribution in [0.2, 0.25) is 5.02 Å². The maximum Gasteiger partial charge on any atom is 0.239 e. The second-order valence-electron chi connectivity index (χ2n) is 8.16. The molecule has 2 amide bonds. The molecule has 148 valence electrons. The third-order valence-electron chi connectivity index (χ3n) is 6.54. The fraction of sp³-hybridized carbons (Fsp3) is 0.348. The number of fused-ring (bicyclic) bond motifs is 3. The van der Waals surface area contributed by atoms with E-state index in [1.54, 1.807) is 24.3 Å². The third-order valence-corrected chi connectivity index (χ3v) is 6.79. The number of hydrogen-bond acceptors (Lipinski definition) is 4. The number of imide groups is 1. The second kappa shape index (κ2) is 6.78. The van der Waals surface area contributed by atoms with Crippen LogP contribution in [-0.4, -0.2) is 41.1 Å². The standard InChI is InChI=1S/C23H21ClN2O3/c1-13-4-6-14(7-5-13)21(27)20-19-18(17-3-2-12-25(17)20)22(28)26(23(19)29)16-10-8-15(24)9-11-16/h4-11,17-20H,2-3,12H2,1H3/t17-,18-,19+,20-/m0/s1. The second-order valence-corrected chi connectivity index (χ2v) is 8.60. The number of anilines is 1. The maximum absolute atomic E-state index is 13.4. The van der Waals surface area contributed by atoms with Crippen LogP contribution < -0.4 is 4.90 Å². The van der Waals surface area contributed by atoms with E-state index in [4.69, 9.17) is 11.6 Å². The molecule has 2 aromatic rings. The fourth-order valence-corrected chi connectivity index (χ4v) is 5.37. The number of aryl methyl sites for hydroxylation is 1. The first-order chi connectivity index (χ1) is 14.0. The fourth-order valence-electron chi connectivity index (χ4n) is 5.25. The average Bonchev–Trinajstić information content (AvgIpc) is 3.35. The highest BCUT2D eigenvalue weighted by Crippen LogP contribution is 2.48. The van der Waals surface area contributed by atoms with Crippen molar-refractivity contribution in [3.63, 3.8) is 0 Å². The Kier molecular flexibility index (Phi) is 4.33.